The van der Waals surface area contributed by atoms with Crippen LogP contribution in [0.3, 0.4) is 0 Å². The largest absolute Gasteiger partial charge is 0.270 e. The van der Waals surface area contributed by atoms with Crippen molar-refractivity contribution in [1.82, 2.24) is 4.98 Å². The fourth-order valence-electron chi connectivity index (χ4n) is 1.60. The Bertz CT molecular complexity index is 661. The number of aromatic nitrogens is 1. The first-order chi connectivity index (χ1) is 8.49. The molecule has 0 aliphatic rings. The van der Waals surface area contributed by atoms with Gasteiger partial charge in [-0.2, -0.15) is 0 Å². The highest BCUT2D eigenvalue weighted by molar-refractivity contribution is 6.49. The molecule has 1 aromatic heterocycles. The van der Waals surface area contributed by atoms with Gasteiger partial charge in [-0.15, -0.1) is 0 Å². The van der Waals surface area contributed by atoms with Gasteiger partial charge < -0.3 is 0 Å². The lowest BCUT2D eigenvalue weighted by Crippen LogP contribution is -1.90. The Hall–Kier alpha value is -1.94. The minimum absolute atomic E-state index is 0.0605. The van der Waals surface area contributed by atoms with Gasteiger partial charge in [-0.25, -0.2) is 4.98 Å². The van der Waals surface area contributed by atoms with E-state index < -0.39 is 4.92 Å². The Labute approximate surface area is 109 Å². The predicted molar refractivity (Wildman–Crippen MR) is 72.5 cm³/mol. The quantitative estimate of drug-likeness (QED) is 0.604. The Morgan fingerprint density at radius 1 is 1.28 bits per heavy atom. The zero-order valence-electron chi connectivity index (χ0n) is 9.98. The molecule has 1 heterocycles. The number of nitrogens with zero attached hydrogens (tertiary/aromatic N) is 2. The van der Waals surface area contributed by atoms with Crippen molar-refractivity contribution in [2.24, 2.45) is 0 Å². The number of pyridine rings is 1. The van der Waals surface area contributed by atoms with E-state index in [9.17, 15) is 10.1 Å². The SMILES string of the molecule is CC(C)=C(Cl)c1ccc2cc([N+](=O)[O-])ccc2n1. The van der Waals surface area contributed by atoms with Crippen LogP contribution < -0.4 is 0 Å². The van der Waals surface area contributed by atoms with Crippen LogP contribution in [0.25, 0.3) is 15.9 Å². The van der Waals surface area contributed by atoms with E-state index in [1.54, 1.807) is 18.2 Å². The summed E-state index contributed by atoms with van der Waals surface area (Å²) in [7, 11) is 0. The summed E-state index contributed by atoms with van der Waals surface area (Å²) in [6.07, 6.45) is 0. The van der Waals surface area contributed by atoms with Crippen molar-refractivity contribution < 1.29 is 4.92 Å². The van der Waals surface area contributed by atoms with Gasteiger partial charge in [-0.05, 0) is 26.0 Å². The van der Waals surface area contributed by atoms with Gasteiger partial charge in [-0.1, -0.05) is 23.2 Å². The van der Waals surface area contributed by atoms with Crippen LogP contribution in [0, 0.1) is 10.1 Å². The molecule has 18 heavy (non-hydrogen) atoms. The molecule has 5 heteroatoms. The molecule has 4 nitrogen and oxygen atoms in total. The second kappa shape index (κ2) is 4.74. The van der Waals surface area contributed by atoms with E-state index in [0.717, 1.165) is 11.0 Å². The summed E-state index contributed by atoms with van der Waals surface area (Å²) in [5, 5.41) is 12.0. The number of non-ortho nitro benzene ring substituents is 1. The Morgan fingerprint density at radius 3 is 2.61 bits per heavy atom. The number of benzene rings is 1. The van der Waals surface area contributed by atoms with Crippen LogP contribution in [0.1, 0.15) is 19.5 Å². The molecule has 0 unspecified atom stereocenters. The lowest BCUT2D eigenvalue weighted by Gasteiger charge is -2.03. The molecule has 0 N–H and O–H groups in total. The lowest BCUT2D eigenvalue weighted by atomic mass is 10.1. The second-order valence-electron chi connectivity index (χ2n) is 4.14. The molecule has 0 spiro atoms. The van der Waals surface area contributed by atoms with Crippen LogP contribution in [-0.2, 0) is 0 Å². The normalized spacial score (nSPS) is 10.4. The Balaban J connectivity index is 2.58. The third kappa shape index (κ3) is 2.33. The van der Waals surface area contributed by atoms with E-state index in [4.69, 9.17) is 11.6 Å². The maximum atomic E-state index is 10.7. The van der Waals surface area contributed by atoms with Crippen LogP contribution in [0.2, 0.25) is 0 Å². The molecule has 0 saturated carbocycles. The van der Waals surface area contributed by atoms with Crippen LogP contribution in [0.5, 0.6) is 0 Å². The molecule has 0 bridgehead atoms. The third-order valence-electron chi connectivity index (χ3n) is 2.55. The summed E-state index contributed by atoms with van der Waals surface area (Å²) in [6, 6.07) is 8.13. The first-order valence-corrected chi connectivity index (χ1v) is 5.75. The summed E-state index contributed by atoms with van der Waals surface area (Å²) >= 11 is 6.13. The minimum atomic E-state index is -0.420. The van der Waals surface area contributed by atoms with E-state index in [1.807, 2.05) is 13.8 Å². The molecule has 92 valence electrons. The minimum Gasteiger partial charge on any atom is -0.258 e. The monoisotopic (exact) mass is 262 g/mol. The highest BCUT2D eigenvalue weighted by Crippen LogP contribution is 2.25. The molecular formula is C13H11ClN2O2. The first kappa shape index (κ1) is 12.5. The molecule has 0 aliphatic heterocycles. The zero-order chi connectivity index (χ0) is 13.3. The summed E-state index contributed by atoms with van der Waals surface area (Å²) in [4.78, 5) is 14.6. The molecule has 0 saturated heterocycles. The molecule has 2 rings (SSSR count). The summed E-state index contributed by atoms with van der Waals surface area (Å²) in [6.45, 7) is 3.81. The number of hydrogen-bond acceptors (Lipinski definition) is 3. The van der Waals surface area contributed by atoms with Crippen molar-refractivity contribution >= 4 is 33.2 Å². The molecule has 0 radical (unpaired) electrons. The van der Waals surface area contributed by atoms with Crippen LogP contribution >= 0.6 is 11.6 Å². The average molecular weight is 263 g/mol. The van der Waals surface area contributed by atoms with Gasteiger partial charge in [0.15, 0.2) is 0 Å². The number of allylic oxidation sites excluding steroid dienone is 1. The smallest absolute Gasteiger partial charge is 0.258 e. The number of halogens is 1. The van der Waals surface area contributed by atoms with Gasteiger partial charge in [0.05, 0.1) is 21.2 Å². The average Bonchev–Trinajstić information content (AvgIpc) is 2.36. The summed E-state index contributed by atoms with van der Waals surface area (Å²) in [5.41, 5.74) is 2.41. The lowest BCUT2D eigenvalue weighted by molar-refractivity contribution is -0.384. The highest BCUT2D eigenvalue weighted by Gasteiger charge is 2.08. The highest BCUT2D eigenvalue weighted by atomic mass is 35.5. The van der Waals surface area contributed by atoms with Crippen LogP contribution in [0.15, 0.2) is 35.9 Å². The molecule has 0 fully saturated rings. The van der Waals surface area contributed by atoms with Gasteiger partial charge in [0.1, 0.15) is 0 Å². The van der Waals surface area contributed by atoms with Crippen molar-refractivity contribution in [3.63, 3.8) is 0 Å². The van der Waals surface area contributed by atoms with E-state index in [1.165, 1.54) is 12.1 Å². The van der Waals surface area contributed by atoms with Crippen LogP contribution in [-0.4, -0.2) is 9.91 Å². The number of fused-ring (bicyclic) bond motifs is 1. The standard InChI is InChI=1S/C13H11ClN2O2/c1-8(2)13(14)12-5-3-9-7-10(16(17)18)4-6-11(9)15-12/h3-7H,1-2H3. The van der Waals surface area contributed by atoms with Crippen LogP contribution in [0.4, 0.5) is 5.69 Å². The van der Waals surface area contributed by atoms with Crippen molar-refractivity contribution in [2.45, 2.75) is 13.8 Å². The third-order valence-corrected chi connectivity index (χ3v) is 3.12. The molecule has 0 atom stereocenters. The molecule has 0 aliphatic carbocycles. The summed E-state index contributed by atoms with van der Waals surface area (Å²) in [5.74, 6) is 0. The number of nitro benzene ring substituents is 1. The Morgan fingerprint density at radius 2 is 2.00 bits per heavy atom. The van der Waals surface area contributed by atoms with Crippen molar-refractivity contribution in [1.29, 1.82) is 0 Å². The predicted octanol–water partition coefficient (Wildman–Crippen LogP) is 4.13. The fraction of sp³-hybridized carbons (Fsp3) is 0.154. The topological polar surface area (TPSA) is 56.0 Å². The van der Waals surface area contributed by atoms with Gasteiger partial charge in [0, 0.05) is 17.5 Å². The van der Waals surface area contributed by atoms with Crippen molar-refractivity contribution in [3.8, 4) is 0 Å². The number of hydrogen-bond donors (Lipinski definition) is 0. The van der Waals surface area contributed by atoms with E-state index in [-0.39, 0.29) is 5.69 Å². The first-order valence-electron chi connectivity index (χ1n) is 5.37. The van der Waals surface area contributed by atoms with Crippen molar-refractivity contribution in [3.05, 3.63) is 51.7 Å². The fourth-order valence-corrected chi connectivity index (χ4v) is 1.71. The summed E-state index contributed by atoms with van der Waals surface area (Å²) < 4.78 is 0. The van der Waals surface area contributed by atoms with Crippen molar-refractivity contribution in [2.75, 3.05) is 0 Å². The van der Waals surface area contributed by atoms with E-state index in [2.05, 4.69) is 4.98 Å². The number of rotatable bonds is 2. The maximum absolute atomic E-state index is 10.7. The maximum Gasteiger partial charge on any atom is 0.270 e. The Kier molecular flexibility index (Phi) is 3.30. The van der Waals surface area contributed by atoms with Gasteiger partial charge in [0.2, 0.25) is 0 Å². The van der Waals surface area contributed by atoms with Gasteiger partial charge in [-0.3, -0.25) is 10.1 Å². The second-order valence-corrected chi connectivity index (χ2v) is 4.52. The van der Waals surface area contributed by atoms with E-state index in [0.29, 0.717) is 16.2 Å². The number of nitro groups is 1. The molecule has 2 aromatic rings. The molecule has 0 amide bonds. The van der Waals surface area contributed by atoms with E-state index >= 15 is 0 Å². The zero-order valence-corrected chi connectivity index (χ0v) is 10.7. The van der Waals surface area contributed by atoms with Gasteiger partial charge >= 0.3 is 0 Å². The molecular weight excluding hydrogens is 252 g/mol. The van der Waals surface area contributed by atoms with Gasteiger partial charge in [0.25, 0.3) is 5.69 Å². The molecule has 1 aromatic carbocycles.